The average molecular weight is 385 g/mol. The number of ether oxygens (including phenoxy) is 1. The topological polar surface area (TPSA) is 79.7 Å². The molecule has 0 fully saturated rings. The van der Waals surface area contributed by atoms with Crippen LogP contribution in [-0.4, -0.2) is 58.8 Å². The summed E-state index contributed by atoms with van der Waals surface area (Å²) in [5.41, 5.74) is 2.80. The lowest BCUT2D eigenvalue weighted by molar-refractivity contribution is -0.126. The van der Waals surface area contributed by atoms with Crippen molar-refractivity contribution in [2.75, 3.05) is 27.2 Å². The molecule has 0 spiro atoms. The summed E-state index contributed by atoms with van der Waals surface area (Å²) >= 11 is 0. The maximum atomic E-state index is 12.2. The number of urea groups is 1. The highest BCUT2D eigenvalue weighted by molar-refractivity contribution is 5.77. The summed E-state index contributed by atoms with van der Waals surface area (Å²) in [6.45, 7) is 2.76. The zero-order valence-corrected chi connectivity index (χ0v) is 16.4. The number of hydrogen-bond acceptors (Lipinski definition) is 4. The van der Waals surface area contributed by atoms with E-state index in [1.807, 2.05) is 46.0 Å². The van der Waals surface area contributed by atoms with Gasteiger partial charge < -0.3 is 19.9 Å². The van der Waals surface area contributed by atoms with Gasteiger partial charge in [0.2, 0.25) is 5.91 Å². The highest BCUT2D eigenvalue weighted by Gasteiger charge is 2.21. The highest BCUT2D eigenvalue weighted by atomic mass is 16.5. The van der Waals surface area contributed by atoms with Crippen LogP contribution in [0.3, 0.4) is 0 Å². The van der Waals surface area contributed by atoms with Gasteiger partial charge in [-0.25, -0.2) is 4.79 Å². The first-order valence-corrected chi connectivity index (χ1v) is 9.43. The Morgan fingerprint density at radius 2 is 2.00 bits per heavy atom. The molecule has 1 aliphatic rings. The number of aryl methyl sites for hydroxylation is 1. The summed E-state index contributed by atoms with van der Waals surface area (Å²) in [5.74, 6) is -0.177. The molecule has 2 aromatic rings. The lowest BCUT2D eigenvalue weighted by Crippen LogP contribution is -2.38. The van der Waals surface area contributed by atoms with Crippen LogP contribution >= 0.6 is 0 Å². The number of carbonyl (C=O) groups is 2. The minimum Gasteiger partial charge on any atom is -0.367 e. The third-order valence-corrected chi connectivity index (χ3v) is 4.53. The molecule has 0 unspecified atom stereocenters. The van der Waals surface area contributed by atoms with Crippen molar-refractivity contribution < 1.29 is 14.3 Å². The molecule has 1 aromatic carbocycles. The SMILES string of the molecule is CN(C)C(=O)N1CCCn2nc(CNC(=O)COCc3ccccc3)cc2C1. The molecular formula is C20H27N5O3. The maximum absolute atomic E-state index is 12.2. The van der Waals surface area contributed by atoms with E-state index in [9.17, 15) is 9.59 Å². The zero-order valence-electron chi connectivity index (χ0n) is 16.4. The third-order valence-electron chi connectivity index (χ3n) is 4.53. The van der Waals surface area contributed by atoms with E-state index < -0.39 is 0 Å². The maximum Gasteiger partial charge on any atom is 0.319 e. The Kier molecular flexibility index (Phi) is 6.65. The van der Waals surface area contributed by atoms with Crippen LogP contribution in [0.4, 0.5) is 4.79 Å². The second kappa shape index (κ2) is 9.36. The minimum absolute atomic E-state index is 0.0000626. The van der Waals surface area contributed by atoms with E-state index in [-0.39, 0.29) is 18.5 Å². The number of carbonyl (C=O) groups excluding carboxylic acids is 2. The molecule has 0 aliphatic carbocycles. The molecule has 1 aromatic heterocycles. The molecule has 3 rings (SSSR count). The van der Waals surface area contributed by atoms with Crippen LogP contribution in [0.1, 0.15) is 23.4 Å². The zero-order chi connectivity index (χ0) is 19.9. The van der Waals surface area contributed by atoms with Gasteiger partial charge in [0.25, 0.3) is 0 Å². The Bertz CT molecular complexity index is 803. The second-order valence-corrected chi connectivity index (χ2v) is 7.06. The lowest BCUT2D eigenvalue weighted by Gasteiger charge is -2.23. The monoisotopic (exact) mass is 385 g/mol. The van der Waals surface area contributed by atoms with Gasteiger partial charge in [0.05, 0.1) is 31.1 Å². The molecule has 0 saturated carbocycles. The summed E-state index contributed by atoms with van der Waals surface area (Å²) in [6.07, 6.45) is 0.855. The summed E-state index contributed by atoms with van der Waals surface area (Å²) in [6, 6.07) is 11.7. The third kappa shape index (κ3) is 5.32. The van der Waals surface area contributed by atoms with Crippen LogP contribution in [0.2, 0.25) is 0 Å². The molecule has 1 aliphatic heterocycles. The molecule has 1 N–H and O–H groups in total. The van der Waals surface area contributed by atoms with Crippen LogP contribution in [0, 0.1) is 0 Å². The molecule has 0 radical (unpaired) electrons. The van der Waals surface area contributed by atoms with Crippen molar-refractivity contribution in [2.45, 2.75) is 32.7 Å². The Balaban J connectivity index is 1.47. The fourth-order valence-corrected chi connectivity index (χ4v) is 3.13. The van der Waals surface area contributed by atoms with Crippen LogP contribution < -0.4 is 5.32 Å². The molecule has 3 amide bonds. The lowest BCUT2D eigenvalue weighted by atomic mass is 10.2. The van der Waals surface area contributed by atoms with Crippen LogP contribution in [0.15, 0.2) is 36.4 Å². The van der Waals surface area contributed by atoms with Gasteiger partial charge in [-0.1, -0.05) is 30.3 Å². The minimum atomic E-state index is -0.177. The molecule has 150 valence electrons. The van der Waals surface area contributed by atoms with E-state index in [4.69, 9.17) is 4.74 Å². The van der Waals surface area contributed by atoms with Gasteiger partial charge in [-0.3, -0.25) is 9.48 Å². The van der Waals surface area contributed by atoms with Gasteiger partial charge in [0.1, 0.15) is 6.61 Å². The molecular weight excluding hydrogens is 358 g/mol. The van der Waals surface area contributed by atoms with E-state index in [0.29, 0.717) is 26.2 Å². The number of amides is 3. The van der Waals surface area contributed by atoms with E-state index in [1.54, 1.807) is 19.0 Å². The van der Waals surface area contributed by atoms with Gasteiger partial charge in [-0.05, 0) is 18.1 Å². The molecule has 2 heterocycles. The molecule has 8 nitrogen and oxygen atoms in total. The van der Waals surface area contributed by atoms with Crippen LogP contribution in [-0.2, 0) is 35.8 Å². The largest absolute Gasteiger partial charge is 0.367 e. The second-order valence-electron chi connectivity index (χ2n) is 7.06. The fourth-order valence-electron chi connectivity index (χ4n) is 3.13. The average Bonchev–Trinajstić information content (AvgIpc) is 2.96. The van der Waals surface area contributed by atoms with E-state index in [2.05, 4.69) is 10.4 Å². The quantitative estimate of drug-likeness (QED) is 0.819. The van der Waals surface area contributed by atoms with Gasteiger partial charge in [0, 0.05) is 27.2 Å². The Hall–Kier alpha value is -2.87. The highest BCUT2D eigenvalue weighted by Crippen LogP contribution is 2.15. The number of nitrogens with zero attached hydrogens (tertiary/aromatic N) is 4. The van der Waals surface area contributed by atoms with Crippen molar-refractivity contribution in [3.05, 3.63) is 53.3 Å². The molecule has 8 heteroatoms. The fraction of sp³-hybridized carbons (Fsp3) is 0.450. The van der Waals surface area contributed by atoms with E-state index >= 15 is 0 Å². The summed E-state index contributed by atoms with van der Waals surface area (Å²) in [4.78, 5) is 27.6. The summed E-state index contributed by atoms with van der Waals surface area (Å²) < 4.78 is 7.37. The number of aromatic nitrogens is 2. The predicted octanol–water partition coefficient (Wildman–Crippen LogP) is 1.60. The number of benzene rings is 1. The molecule has 0 bridgehead atoms. The van der Waals surface area contributed by atoms with Crippen molar-refractivity contribution in [2.24, 2.45) is 0 Å². The summed E-state index contributed by atoms with van der Waals surface area (Å²) in [5, 5.41) is 7.39. The first-order valence-electron chi connectivity index (χ1n) is 9.43. The standard InChI is InChI=1S/C20H27N5O3/c1-23(2)20(27)24-9-6-10-25-18(13-24)11-17(22-25)12-21-19(26)15-28-14-16-7-4-3-5-8-16/h3-5,7-8,11H,6,9-10,12-15H2,1-2H3,(H,21,26). The number of rotatable bonds is 6. The normalized spacial score (nSPS) is 13.6. The van der Waals surface area contributed by atoms with Crippen LogP contribution in [0.25, 0.3) is 0 Å². The van der Waals surface area contributed by atoms with Crippen molar-refractivity contribution in [3.8, 4) is 0 Å². The Labute approximate surface area is 165 Å². The van der Waals surface area contributed by atoms with Gasteiger partial charge in [-0.2, -0.15) is 5.10 Å². The molecule has 28 heavy (non-hydrogen) atoms. The molecule has 0 saturated heterocycles. The predicted molar refractivity (Wildman–Crippen MR) is 104 cm³/mol. The Morgan fingerprint density at radius 1 is 1.21 bits per heavy atom. The number of hydrogen-bond donors (Lipinski definition) is 1. The van der Waals surface area contributed by atoms with Crippen molar-refractivity contribution in [1.29, 1.82) is 0 Å². The van der Waals surface area contributed by atoms with Gasteiger partial charge >= 0.3 is 6.03 Å². The van der Waals surface area contributed by atoms with Gasteiger partial charge in [0.15, 0.2) is 0 Å². The first kappa shape index (κ1) is 19.9. The first-order chi connectivity index (χ1) is 13.5. The van der Waals surface area contributed by atoms with Crippen molar-refractivity contribution in [3.63, 3.8) is 0 Å². The van der Waals surface area contributed by atoms with Crippen molar-refractivity contribution in [1.82, 2.24) is 24.9 Å². The van der Waals surface area contributed by atoms with Crippen molar-refractivity contribution >= 4 is 11.9 Å². The molecule has 0 atom stereocenters. The number of fused-ring (bicyclic) bond motifs is 1. The van der Waals surface area contributed by atoms with Gasteiger partial charge in [-0.15, -0.1) is 0 Å². The van der Waals surface area contributed by atoms with E-state index in [1.165, 1.54) is 0 Å². The van der Waals surface area contributed by atoms with E-state index in [0.717, 1.165) is 29.9 Å². The van der Waals surface area contributed by atoms with Crippen LogP contribution in [0.5, 0.6) is 0 Å². The Morgan fingerprint density at radius 3 is 2.75 bits per heavy atom. The smallest absolute Gasteiger partial charge is 0.319 e. The number of nitrogens with one attached hydrogen (secondary N) is 1. The summed E-state index contributed by atoms with van der Waals surface area (Å²) in [7, 11) is 3.51.